The number of hydrogen-bond acceptors (Lipinski definition) is 2. The standard InChI is InChI=1S/C12H15F3O2/c1-8(7-10(16)12(13,14)15)11(17)9-5-3-2-4-6-9/h2-6,8,10-11,16-17H,7H2,1H3. The SMILES string of the molecule is CC(CC(O)C(F)(F)F)C(O)c1ccccc1. The smallest absolute Gasteiger partial charge is 0.388 e. The zero-order valence-corrected chi connectivity index (χ0v) is 9.35. The van der Waals surface area contributed by atoms with Crippen molar-refractivity contribution < 1.29 is 23.4 Å². The fourth-order valence-corrected chi connectivity index (χ4v) is 1.59. The lowest BCUT2D eigenvalue weighted by atomic mass is 9.92. The van der Waals surface area contributed by atoms with E-state index in [1.54, 1.807) is 30.3 Å². The number of rotatable bonds is 4. The fraction of sp³-hybridized carbons (Fsp3) is 0.500. The average Bonchev–Trinajstić information content (AvgIpc) is 2.27. The first-order chi connectivity index (χ1) is 7.82. The molecule has 2 N–H and O–H groups in total. The molecular formula is C12H15F3O2. The molecule has 0 heterocycles. The molecule has 0 radical (unpaired) electrons. The minimum absolute atomic E-state index is 0.514. The van der Waals surface area contributed by atoms with Gasteiger partial charge in [-0.25, -0.2) is 0 Å². The van der Waals surface area contributed by atoms with Gasteiger partial charge in [0.25, 0.3) is 0 Å². The van der Waals surface area contributed by atoms with Gasteiger partial charge in [0.1, 0.15) is 6.10 Å². The Hall–Kier alpha value is -1.07. The van der Waals surface area contributed by atoms with E-state index >= 15 is 0 Å². The Morgan fingerprint density at radius 2 is 1.65 bits per heavy atom. The van der Waals surface area contributed by atoms with Gasteiger partial charge >= 0.3 is 6.18 Å². The summed E-state index contributed by atoms with van der Waals surface area (Å²) in [5.41, 5.74) is 0.550. The van der Waals surface area contributed by atoms with Crippen LogP contribution in [0.1, 0.15) is 25.0 Å². The molecule has 0 bridgehead atoms. The third kappa shape index (κ3) is 4.02. The van der Waals surface area contributed by atoms with Crippen LogP contribution in [0.3, 0.4) is 0 Å². The maximum Gasteiger partial charge on any atom is 0.414 e. The lowest BCUT2D eigenvalue weighted by Gasteiger charge is -2.23. The lowest BCUT2D eigenvalue weighted by Crippen LogP contribution is -2.31. The van der Waals surface area contributed by atoms with Gasteiger partial charge in [0, 0.05) is 0 Å². The van der Waals surface area contributed by atoms with E-state index in [9.17, 15) is 18.3 Å². The van der Waals surface area contributed by atoms with Crippen LogP contribution in [-0.2, 0) is 0 Å². The van der Waals surface area contributed by atoms with Crippen molar-refractivity contribution in [1.29, 1.82) is 0 Å². The second-order valence-electron chi connectivity index (χ2n) is 4.13. The molecule has 0 spiro atoms. The molecule has 3 unspecified atom stereocenters. The van der Waals surface area contributed by atoms with Gasteiger partial charge in [-0.15, -0.1) is 0 Å². The summed E-state index contributed by atoms with van der Waals surface area (Å²) in [6.07, 6.45) is -8.55. The maximum atomic E-state index is 12.1. The molecule has 1 aromatic rings. The largest absolute Gasteiger partial charge is 0.414 e. The first kappa shape index (κ1) is 14.0. The summed E-state index contributed by atoms with van der Waals surface area (Å²) in [6.45, 7) is 1.48. The van der Waals surface area contributed by atoms with E-state index in [-0.39, 0.29) is 0 Å². The Kier molecular flexibility index (Phi) is 4.54. The highest BCUT2D eigenvalue weighted by Crippen LogP contribution is 2.30. The van der Waals surface area contributed by atoms with Crippen LogP contribution in [0.15, 0.2) is 30.3 Å². The van der Waals surface area contributed by atoms with Gasteiger partial charge in [-0.2, -0.15) is 13.2 Å². The van der Waals surface area contributed by atoms with E-state index in [0.29, 0.717) is 5.56 Å². The second kappa shape index (κ2) is 5.51. The number of aliphatic hydroxyl groups excluding tert-OH is 2. The first-order valence-corrected chi connectivity index (χ1v) is 5.30. The van der Waals surface area contributed by atoms with Gasteiger partial charge in [-0.3, -0.25) is 0 Å². The van der Waals surface area contributed by atoms with Crippen LogP contribution in [-0.4, -0.2) is 22.5 Å². The van der Waals surface area contributed by atoms with E-state index in [1.807, 2.05) is 0 Å². The van der Waals surface area contributed by atoms with E-state index < -0.39 is 30.7 Å². The van der Waals surface area contributed by atoms with Crippen LogP contribution in [0.25, 0.3) is 0 Å². The Morgan fingerprint density at radius 1 is 1.12 bits per heavy atom. The molecule has 5 heteroatoms. The van der Waals surface area contributed by atoms with Gasteiger partial charge in [-0.1, -0.05) is 37.3 Å². The van der Waals surface area contributed by atoms with Crippen LogP contribution in [0.5, 0.6) is 0 Å². The van der Waals surface area contributed by atoms with Gasteiger partial charge in [0.05, 0.1) is 6.10 Å². The van der Waals surface area contributed by atoms with Gasteiger partial charge in [-0.05, 0) is 17.9 Å². The van der Waals surface area contributed by atoms with Crippen molar-refractivity contribution in [2.24, 2.45) is 5.92 Å². The summed E-state index contributed by atoms with van der Waals surface area (Å²) in [6, 6.07) is 8.44. The first-order valence-electron chi connectivity index (χ1n) is 5.30. The molecule has 3 atom stereocenters. The average molecular weight is 248 g/mol. The molecule has 0 fully saturated rings. The molecule has 1 aromatic carbocycles. The van der Waals surface area contributed by atoms with Crippen molar-refractivity contribution in [1.82, 2.24) is 0 Å². The minimum Gasteiger partial charge on any atom is -0.388 e. The number of benzene rings is 1. The van der Waals surface area contributed by atoms with E-state index in [4.69, 9.17) is 5.11 Å². The molecule has 0 aliphatic heterocycles. The number of hydrogen-bond donors (Lipinski definition) is 2. The van der Waals surface area contributed by atoms with Crippen molar-refractivity contribution in [3.05, 3.63) is 35.9 Å². The van der Waals surface area contributed by atoms with Crippen LogP contribution < -0.4 is 0 Å². The highest BCUT2D eigenvalue weighted by Gasteiger charge is 2.39. The number of aliphatic hydroxyl groups is 2. The van der Waals surface area contributed by atoms with Gasteiger partial charge in [0.2, 0.25) is 0 Å². The molecule has 0 saturated carbocycles. The normalized spacial score (nSPS) is 17.5. The Balaban J connectivity index is 2.62. The Labute approximate surface area is 97.7 Å². The number of alkyl halides is 3. The predicted molar refractivity (Wildman–Crippen MR) is 57.2 cm³/mol. The molecular weight excluding hydrogens is 233 g/mol. The number of halogens is 3. The van der Waals surface area contributed by atoms with Gasteiger partial charge < -0.3 is 10.2 Å². The second-order valence-corrected chi connectivity index (χ2v) is 4.13. The quantitative estimate of drug-likeness (QED) is 0.860. The van der Waals surface area contributed by atoms with Gasteiger partial charge in [0.15, 0.2) is 0 Å². The van der Waals surface area contributed by atoms with Crippen LogP contribution in [0.4, 0.5) is 13.2 Å². The summed E-state index contributed by atoms with van der Waals surface area (Å²) >= 11 is 0. The third-order valence-corrected chi connectivity index (χ3v) is 2.65. The maximum absolute atomic E-state index is 12.1. The van der Waals surface area contributed by atoms with Crippen molar-refractivity contribution in [3.8, 4) is 0 Å². The molecule has 0 aliphatic carbocycles. The topological polar surface area (TPSA) is 40.5 Å². The summed E-state index contributed by atoms with van der Waals surface area (Å²) < 4.78 is 36.4. The molecule has 0 aliphatic rings. The summed E-state index contributed by atoms with van der Waals surface area (Å²) in [5.74, 6) is -0.672. The Morgan fingerprint density at radius 3 is 2.12 bits per heavy atom. The molecule has 0 saturated heterocycles. The summed E-state index contributed by atoms with van der Waals surface area (Å²) in [7, 11) is 0. The van der Waals surface area contributed by atoms with Crippen molar-refractivity contribution in [2.45, 2.75) is 31.7 Å². The molecule has 1 rings (SSSR count). The molecule has 96 valence electrons. The van der Waals surface area contributed by atoms with Crippen LogP contribution in [0.2, 0.25) is 0 Å². The summed E-state index contributed by atoms with van der Waals surface area (Å²) in [4.78, 5) is 0. The Bertz CT molecular complexity index is 337. The highest BCUT2D eigenvalue weighted by atomic mass is 19.4. The monoisotopic (exact) mass is 248 g/mol. The molecule has 0 amide bonds. The minimum atomic E-state index is -4.63. The molecule has 0 aromatic heterocycles. The highest BCUT2D eigenvalue weighted by molar-refractivity contribution is 5.17. The van der Waals surface area contributed by atoms with E-state index in [1.165, 1.54) is 6.92 Å². The molecule has 2 nitrogen and oxygen atoms in total. The van der Waals surface area contributed by atoms with Crippen LogP contribution >= 0.6 is 0 Å². The van der Waals surface area contributed by atoms with Crippen LogP contribution in [0, 0.1) is 5.92 Å². The zero-order valence-electron chi connectivity index (χ0n) is 9.35. The predicted octanol–water partition coefficient (Wildman–Crippen LogP) is 2.67. The fourth-order valence-electron chi connectivity index (χ4n) is 1.59. The van der Waals surface area contributed by atoms with E-state index in [0.717, 1.165) is 0 Å². The lowest BCUT2D eigenvalue weighted by molar-refractivity contribution is -0.210. The summed E-state index contributed by atoms with van der Waals surface area (Å²) in [5, 5.41) is 18.7. The third-order valence-electron chi connectivity index (χ3n) is 2.65. The van der Waals surface area contributed by atoms with Crippen molar-refractivity contribution in [2.75, 3.05) is 0 Å². The zero-order chi connectivity index (χ0) is 13.1. The van der Waals surface area contributed by atoms with E-state index in [2.05, 4.69) is 0 Å². The molecule has 17 heavy (non-hydrogen) atoms. The van der Waals surface area contributed by atoms with Crippen molar-refractivity contribution in [3.63, 3.8) is 0 Å². The van der Waals surface area contributed by atoms with Crippen molar-refractivity contribution >= 4 is 0 Å².